The molecule has 1 aliphatic heterocycles. The van der Waals surface area contributed by atoms with Gasteiger partial charge in [0, 0.05) is 36.1 Å². The number of benzene rings is 1. The van der Waals surface area contributed by atoms with Crippen LogP contribution in [0.2, 0.25) is 0 Å². The monoisotopic (exact) mass is 337 g/mol. The Balaban J connectivity index is 1.64. The number of amides is 1. The number of aromatic nitrogens is 1. The van der Waals surface area contributed by atoms with E-state index in [2.05, 4.69) is 24.8 Å². The van der Waals surface area contributed by atoms with Gasteiger partial charge in [0.05, 0.1) is 11.1 Å². The van der Waals surface area contributed by atoms with Crippen LogP contribution in [-0.4, -0.2) is 52.9 Å². The molecule has 1 atom stereocenters. The van der Waals surface area contributed by atoms with Crippen LogP contribution in [0, 0.1) is 0 Å². The molecule has 4 rings (SSSR count). The van der Waals surface area contributed by atoms with Crippen molar-refractivity contribution in [2.45, 2.75) is 45.1 Å². The number of likely N-dealkylation sites (tertiary alicyclic amines) is 1. The Labute approximate surface area is 149 Å². The van der Waals surface area contributed by atoms with Gasteiger partial charge < -0.3 is 4.90 Å². The molecule has 1 saturated carbocycles. The lowest BCUT2D eigenvalue weighted by molar-refractivity contribution is 0.0779. The van der Waals surface area contributed by atoms with Crippen molar-refractivity contribution in [3.63, 3.8) is 0 Å². The van der Waals surface area contributed by atoms with Gasteiger partial charge in [-0.1, -0.05) is 32.0 Å². The lowest BCUT2D eigenvalue weighted by Crippen LogP contribution is -2.38. The Morgan fingerprint density at radius 1 is 1.20 bits per heavy atom. The van der Waals surface area contributed by atoms with Crippen molar-refractivity contribution in [2.24, 2.45) is 0 Å². The van der Waals surface area contributed by atoms with Gasteiger partial charge in [0.15, 0.2) is 0 Å². The van der Waals surface area contributed by atoms with E-state index in [1.807, 2.05) is 29.2 Å². The Bertz CT molecular complexity index is 780. The molecule has 0 spiro atoms. The number of carbonyl (C=O) groups is 1. The minimum absolute atomic E-state index is 0.176. The molecule has 1 saturated heterocycles. The fourth-order valence-corrected chi connectivity index (χ4v) is 4.10. The Kier molecular flexibility index (Phi) is 4.46. The highest BCUT2D eigenvalue weighted by Crippen LogP contribution is 2.40. The van der Waals surface area contributed by atoms with E-state index in [4.69, 9.17) is 4.98 Å². The van der Waals surface area contributed by atoms with Crippen molar-refractivity contribution < 1.29 is 4.79 Å². The van der Waals surface area contributed by atoms with Gasteiger partial charge >= 0.3 is 0 Å². The van der Waals surface area contributed by atoms with Crippen molar-refractivity contribution >= 4 is 16.8 Å². The maximum atomic E-state index is 13.3. The minimum Gasteiger partial charge on any atom is -0.337 e. The van der Waals surface area contributed by atoms with E-state index in [9.17, 15) is 4.79 Å². The summed E-state index contributed by atoms with van der Waals surface area (Å²) in [4.78, 5) is 22.6. The van der Waals surface area contributed by atoms with Gasteiger partial charge in [0.2, 0.25) is 0 Å². The summed E-state index contributed by atoms with van der Waals surface area (Å²) in [6, 6.07) is 10.6. The highest BCUT2D eigenvalue weighted by Gasteiger charge is 2.32. The predicted molar refractivity (Wildman–Crippen MR) is 101 cm³/mol. The second-order valence-corrected chi connectivity index (χ2v) is 7.30. The molecule has 4 nitrogen and oxygen atoms in total. The summed E-state index contributed by atoms with van der Waals surface area (Å²) < 4.78 is 0. The van der Waals surface area contributed by atoms with Crippen LogP contribution in [-0.2, 0) is 0 Å². The van der Waals surface area contributed by atoms with Crippen LogP contribution < -0.4 is 0 Å². The summed E-state index contributed by atoms with van der Waals surface area (Å²) in [5.41, 5.74) is 2.89. The topological polar surface area (TPSA) is 36.4 Å². The molecular weight excluding hydrogens is 310 g/mol. The smallest absolute Gasteiger partial charge is 0.254 e. The molecule has 1 aromatic heterocycles. The van der Waals surface area contributed by atoms with Gasteiger partial charge in [0.1, 0.15) is 0 Å². The number of nitrogens with zero attached hydrogens (tertiary/aromatic N) is 3. The fourth-order valence-electron chi connectivity index (χ4n) is 4.10. The summed E-state index contributed by atoms with van der Waals surface area (Å²) in [6.07, 6.45) is 3.48. The maximum absolute atomic E-state index is 13.3. The van der Waals surface area contributed by atoms with Crippen molar-refractivity contribution in [2.75, 3.05) is 26.2 Å². The third-order valence-corrected chi connectivity index (χ3v) is 5.74. The summed E-state index contributed by atoms with van der Waals surface area (Å²) in [7, 11) is 0. The first-order chi connectivity index (χ1) is 12.2. The van der Waals surface area contributed by atoms with Gasteiger partial charge in [0.25, 0.3) is 5.91 Å². The molecule has 4 heteroatoms. The average molecular weight is 337 g/mol. The zero-order chi connectivity index (χ0) is 17.4. The first-order valence-electron chi connectivity index (χ1n) is 9.64. The summed E-state index contributed by atoms with van der Waals surface area (Å²) in [5, 5.41) is 0.989. The van der Waals surface area contributed by atoms with E-state index in [0.29, 0.717) is 12.0 Å². The quantitative estimate of drug-likeness (QED) is 0.835. The number of hydrogen-bond donors (Lipinski definition) is 0. The molecule has 2 aliphatic rings. The number of fused-ring (bicyclic) bond motifs is 1. The van der Waals surface area contributed by atoms with Crippen LogP contribution in [0.3, 0.4) is 0 Å². The van der Waals surface area contributed by atoms with Crippen molar-refractivity contribution in [3.8, 4) is 0 Å². The lowest BCUT2D eigenvalue weighted by Gasteiger charge is -2.26. The molecule has 2 fully saturated rings. The van der Waals surface area contributed by atoms with Crippen LogP contribution in [0.1, 0.15) is 55.1 Å². The van der Waals surface area contributed by atoms with E-state index in [1.54, 1.807) is 0 Å². The highest BCUT2D eigenvalue weighted by atomic mass is 16.2. The molecule has 1 aliphatic carbocycles. The Morgan fingerprint density at radius 2 is 1.96 bits per heavy atom. The maximum Gasteiger partial charge on any atom is 0.254 e. The molecule has 0 radical (unpaired) electrons. The van der Waals surface area contributed by atoms with Crippen LogP contribution in [0.25, 0.3) is 10.9 Å². The third-order valence-electron chi connectivity index (χ3n) is 5.74. The van der Waals surface area contributed by atoms with E-state index < -0.39 is 0 Å². The van der Waals surface area contributed by atoms with Gasteiger partial charge in [-0.15, -0.1) is 0 Å². The zero-order valence-corrected chi connectivity index (χ0v) is 15.2. The van der Waals surface area contributed by atoms with Crippen LogP contribution in [0.15, 0.2) is 30.3 Å². The molecule has 2 heterocycles. The van der Waals surface area contributed by atoms with Crippen molar-refractivity contribution in [1.29, 1.82) is 0 Å². The number of carbonyl (C=O) groups excluding carboxylic acids is 1. The Morgan fingerprint density at radius 3 is 2.68 bits per heavy atom. The number of likely N-dealkylation sites (N-methyl/N-ethyl adjacent to an activating group) is 1. The van der Waals surface area contributed by atoms with Gasteiger partial charge in [-0.05, 0) is 44.5 Å². The van der Waals surface area contributed by atoms with Crippen LogP contribution in [0.4, 0.5) is 0 Å². The Hall–Kier alpha value is -1.94. The molecule has 1 amide bonds. The average Bonchev–Trinajstić information content (AvgIpc) is 3.39. The van der Waals surface area contributed by atoms with Gasteiger partial charge in [-0.3, -0.25) is 14.7 Å². The molecule has 0 unspecified atom stereocenters. The SMILES string of the molecule is CCN(CC)[C@H]1CCN(C(=O)c2cc(C3CC3)nc3ccccc23)C1. The molecule has 25 heavy (non-hydrogen) atoms. The minimum atomic E-state index is 0.176. The van der Waals surface area contributed by atoms with E-state index in [0.717, 1.165) is 54.8 Å². The second kappa shape index (κ2) is 6.75. The van der Waals surface area contributed by atoms with Gasteiger partial charge in [-0.2, -0.15) is 0 Å². The number of pyridine rings is 1. The molecule has 0 bridgehead atoms. The van der Waals surface area contributed by atoms with Crippen LogP contribution >= 0.6 is 0 Å². The van der Waals surface area contributed by atoms with Gasteiger partial charge in [-0.25, -0.2) is 0 Å². The molecule has 2 aromatic rings. The fraction of sp³-hybridized carbons (Fsp3) is 0.524. The summed E-state index contributed by atoms with van der Waals surface area (Å²) in [5.74, 6) is 0.730. The number of hydrogen-bond acceptors (Lipinski definition) is 3. The highest BCUT2D eigenvalue weighted by molar-refractivity contribution is 6.06. The molecule has 1 aromatic carbocycles. The van der Waals surface area contributed by atoms with E-state index in [1.165, 1.54) is 12.8 Å². The van der Waals surface area contributed by atoms with E-state index >= 15 is 0 Å². The third kappa shape index (κ3) is 3.15. The van der Waals surface area contributed by atoms with Crippen LogP contribution in [0.5, 0.6) is 0 Å². The lowest BCUT2D eigenvalue weighted by atomic mass is 10.0. The summed E-state index contributed by atoms with van der Waals surface area (Å²) >= 11 is 0. The largest absolute Gasteiger partial charge is 0.337 e. The van der Waals surface area contributed by atoms with Crippen molar-refractivity contribution in [3.05, 3.63) is 41.6 Å². The normalized spacial score (nSPS) is 20.6. The number of rotatable bonds is 5. The summed E-state index contributed by atoms with van der Waals surface area (Å²) in [6.45, 7) is 8.20. The molecule has 0 N–H and O–H groups in total. The standard InChI is InChI=1S/C21H27N3O/c1-3-23(4-2)16-11-12-24(14-16)21(25)18-13-20(15-9-10-15)22-19-8-6-5-7-17(18)19/h5-8,13,15-16H,3-4,9-12,14H2,1-2H3/t16-/m0/s1. The predicted octanol–water partition coefficient (Wildman–Crippen LogP) is 3.67. The number of para-hydroxylation sites is 1. The first-order valence-corrected chi connectivity index (χ1v) is 9.64. The molecule has 132 valence electrons. The zero-order valence-electron chi connectivity index (χ0n) is 15.2. The first kappa shape index (κ1) is 16.5. The van der Waals surface area contributed by atoms with Crippen molar-refractivity contribution in [1.82, 2.24) is 14.8 Å². The molecular formula is C21H27N3O. The second-order valence-electron chi connectivity index (χ2n) is 7.30. The van der Waals surface area contributed by atoms with E-state index in [-0.39, 0.29) is 5.91 Å².